The highest BCUT2D eigenvalue weighted by molar-refractivity contribution is 5.97. The number of primary amides is 1. The fraction of sp³-hybridized carbons (Fsp3) is 0.542. The second-order valence-corrected chi connectivity index (χ2v) is 9.62. The third kappa shape index (κ3) is 7.78. The van der Waals surface area contributed by atoms with Gasteiger partial charge in [0.2, 0.25) is 0 Å². The molecule has 0 aromatic carbocycles. The second-order valence-electron chi connectivity index (χ2n) is 9.62. The van der Waals surface area contributed by atoms with E-state index in [1.54, 1.807) is 26.8 Å². The number of hydrogen-bond acceptors (Lipinski definition) is 9. The predicted octanol–water partition coefficient (Wildman–Crippen LogP) is 3.07. The number of anilines is 3. The average molecular weight is 486 g/mol. The van der Waals surface area contributed by atoms with Crippen LogP contribution in [0.25, 0.3) is 0 Å². The van der Waals surface area contributed by atoms with Crippen LogP contribution in [0.3, 0.4) is 0 Å². The number of aryl methyl sites for hydroxylation is 2. The lowest BCUT2D eigenvalue weighted by atomic mass is 10.0. The van der Waals surface area contributed by atoms with Crippen molar-refractivity contribution in [3.05, 3.63) is 35.2 Å². The molecule has 11 nitrogen and oxygen atoms in total. The van der Waals surface area contributed by atoms with Crippen LogP contribution in [0.2, 0.25) is 0 Å². The van der Waals surface area contributed by atoms with Gasteiger partial charge in [-0.3, -0.25) is 4.79 Å². The molecule has 1 aliphatic rings. The van der Waals surface area contributed by atoms with Gasteiger partial charge in [0, 0.05) is 18.4 Å². The van der Waals surface area contributed by atoms with Gasteiger partial charge in [-0.15, -0.1) is 10.2 Å². The second kappa shape index (κ2) is 11.3. The van der Waals surface area contributed by atoms with Gasteiger partial charge >= 0.3 is 6.09 Å². The molecule has 2 amide bonds. The van der Waals surface area contributed by atoms with E-state index in [4.69, 9.17) is 15.2 Å². The Morgan fingerprint density at radius 2 is 1.94 bits per heavy atom. The van der Waals surface area contributed by atoms with Gasteiger partial charge in [-0.2, -0.15) is 0 Å². The van der Waals surface area contributed by atoms with Crippen LogP contribution < -0.4 is 21.7 Å². The fourth-order valence-corrected chi connectivity index (χ4v) is 3.77. The maximum Gasteiger partial charge on any atom is 0.408 e. The molecule has 3 rings (SSSR count). The summed E-state index contributed by atoms with van der Waals surface area (Å²) in [5.41, 5.74) is 7.32. The van der Waals surface area contributed by atoms with Crippen LogP contribution in [0.5, 0.6) is 0 Å². The number of aromatic nitrogens is 3. The molecule has 0 bridgehead atoms. The van der Waals surface area contributed by atoms with E-state index < -0.39 is 17.6 Å². The first-order chi connectivity index (χ1) is 16.5. The minimum absolute atomic E-state index is 0.00584. The van der Waals surface area contributed by atoms with Crippen molar-refractivity contribution in [3.8, 4) is 0 Å². The number of nitrogens with zero attached hydrogens (tertiary/aromatic N) is 3. The van der Waals surface area contributed by atoms with Crippen molar-refractivity contribution < 1.29 is 19.1 Å². The molecule has 0 aliphatic carbocycles. The number of hydrogen-bond donors (Lipinski definition) is 4. The van der Waals surface area contributed by atoms with Gasteiger partial charge in [0.15, 0.2) is 11.5 Å². The SMILES string of the molecule is CCCc1cc(C)cc(Nc2cc(N[C@@H]3CCOC[C@@H]3NC(=O)OC(C)(C)C)nnc2C(N)=O)n1. The minimum atomic E-state index is -0.705. The van der Waals surface area contributed by atoms with Gasteiger partial charge in [0.25, 0.3) is 5.91 Å². The van der Waals surface area contributed by atoms with E-state index in [2.05, 4.69) is 38.1 Å². The molecular weight excluding hydrogens is 450 g/mol. The van der Waals surface area contributed by atoms with Crippen molar-refractivity contribution in [2.24, 2.45) is 5.73 Å². The molecule has 0 saturated carbocycles. The number of pyridine rings is 1. The van der Waals surface area contributed by atoms with E-state index in [0.717, 1.165) is 24.1 Å². The van der Waals surface area contributed by atoms with E-state index >= 15 is 0 Å². The molecular formula is C24H35N7O4. The standard InChI is InChI=1S/C24H35N7O4/c1-6-7-15-10-14(2)11-19(26-15)28-17-12-20(30-31-21(17)22(25)32)27-16-8-9-34-13-18(16)29-23(33)35-24(3,4)5/h10-12,16,18H,6-9,13H2,1-5H3,(H2,25,32)(H,29,33)(H2,26,27,28,30)/t16-,18+/m1/s1. The van der Waals surface area contributed by atoms with Crippen molar-refractivity contribution in [2.75, 3.05) is 23.8 Å². The first-order valence-electron chi connectivity index (χ1n) is 11.8. The Balaban J connectivity index is 1.80. The summed E-state index contributed by atoms with van der Waals surface area (Å²) in [6, 6.07) is 5.05. The predicted molar refractivity (Wildman–Crippen MR) is 133 cm³/mol. The number of nitrogens with two attached hydrogens (primary N) is 1. The summed E-state index contributed by atoms with van der Waals surface area (Å²) in [5.74, 6) is 0.302. The lowest BCUT2D eigenvalue weighted by Crippen LogP contribution is -2.53. The van der Waals surface area contributed by atoms with Gasteiger partial charge in [-0.25, -0.2) is 9.78 Å². The lowest BCUT2D eigenvalue weighted by molar-refractivity contribution is 0.0317. The molecule has 0 unspecified atom stereocenters. The van der Waals surface area contributed by atoms with E-state index in [1.807, 2.05) is 19.1 Å². The van der Waals surface area contributed by atoms with E-state index in [9.17, 15) is 9.59 Å². The molecule has 5 N–H and O–H groups in total. The Labute approximate surface area is 205 Å². The molecule has 0 radical (unpaired) electrons. The van der Waals surface area contributed by atoms with Crippen LogP contribution >= 0.6 is 0 Å². The maximum absolute atomic E-state index is 12.3. The zero-order valence-electron chi connectivity index (χ0n) is 21.0. The van der Waals surface area contributed by atoms with Crippen LogP contribution in [0.1, 0.15) is 62.3 Å². The normalized spacial score (nSPS) is 18.0. The first-order valence-corrected chi connectivity index (χ1v) is 11.8. The van der Waals surface area contributed by atoms with Gasteiger partial charge < -0.3 is 31.2 Å². The fourth-order valence-electron chi connectivity index (χ4n) is 3.77. The lowest BCUT2D eigenvalue weighted by Gasteiger charge is -2.33. The third-order valence-corrected chi connectivity index (χ3v) is 5.21. The van der Waals surface area contributed by atoms with Crippen molar-refractivity contribution >= 4 is 29.3 Å². The van der Waals surface area contributed by atoms with Gasteiger partial charge in [-0.1, -0.05) is 13.3 Å². The molecule has 3 heterocycles. The Bertz CT molecular complexity index is 1050. The number of alkyl carbamates (subject to hydrolysis) is 1. The topological polar surface area (TPSA) is 153 Å². The monoisotopic (exact) mass is 485 g/mol. The van der Waals surface area contributed by atoms with Crippen molar-refractivity contribution in [3.63, 3.8) is 0 Å². The van der Waals surface area contributed by atoms with Gasteiger partial charge in [-0.05, 0) is 58.2 Å². The number of rotatable bonds is 8. The van der Waals surface area contributed by atoms with E-state index in [1.165, 1.54) is 0 Å². The van der Waals surface area contributed by atoms with Crippen LogP contribution in [-0.4, -0.2) is 58.1 Å². The third-order valence-electron chi connectivity index (χ3n) is 5.21. The number of carbonyl (C=O) groups is 2. The number of amides is 2. The zero-order chi connectivity index (χ0) is 25.6. The first kappa shape index (κ1) is 26.1. The minimum Gasteiger partial charge on any atom is -0.444 e. The van der Waals surface area contributed by atoms with Crippen molar-refractivity contribution in [1.82, 2.24) is 20.5 Å². The summed E-state index contributed by atoms with van der Waals surface area (Å²) < 4.78 is 10.9. The smallest absolute Gasteiger partial charge is 0.408 e. The molecule has 1 saturated heterocycles. The van der Waals surface area contributed by atoms with E-state index in [0.29, 0.717) is 37.0 Å². The molecule has 11 heteroatoms. The van der Waals surface area contributed by atoms with E-state index in [-0.39, 0.29) is 17.8 Å². The van der Waals surface area contributed by atoms with Crippen LogP contribution in [-0.2, 0) is 15.9 Å². The number of nitrogens with one attached hydrogen (secondary N) is 3. The van der Waals surface area contributed by atoms with Gasteiger partial charge in [0.05, 0.1) is 24.4 Å². The molecule has 190 valence electrons. The summed E-state index contributed by atoms with van der Waals surface area (Å²) in [6.07, 6.45) is 1.92. The highest BCUT2D eigenvalue weighted by atomic mass is 16.6. The highest BCUT2D eigenvalue weighted by Gasteiger charge is 2.29. The molecule has 2 aromatic heterocycles. The Morgan fingerprint density at radius 3 is 2.63 bits per heavy atom. The quantitative estimate of drug-likeness (QED) is 0.442. The molecule has 1 fully saturated rings. The zero-order valence-corrected chi connectivity index (χ0v) is 21.0. The number of ether oxygens (including phenoxy) is 2. The van der Waals surface area contributed by atoms with Crippen molar-refractivity contribution in [1.29, 1.82) is 0 Å². The van der Waals surface area contributed by atoms with Crippen LogP contribution in [0.15, 0.2) is 18.2 Å². The molecule has 2 aromatic rings. The molecule has 0 spiro atoms. The number of carbonyl (C=O) groups excluding carboxylic acids is 2. The van der Waals surface area contributed by atoms with Crippen molar-refractivity contribution in [2.45, 2.75) is 71.6 Å². The Hall–Kier alpha value is -3.47. The molecule has 1 aliphatic heterocycles. The summed E-state index contributed by atoms with van der Waals surface area (Å²) in [5, 5.41) is 17.5. The molecule has 35 heavy (non-hydrogen) atoms. The molecule has 2 atom stereocenters. The largest absolute Gasteiger partial charge is 0.444 e. The maximum atomic E-state index is 12.3. The van der Waals surface area contributed by atoms with Crippen LogP contribution in [0.4, 0.5) is 22.1 Å². The van der Waals surface area contributed by atoms with Crippen LogP contribution in [0, 0.1) is 6.92 Å². The van der Waals surface area contributed by atoms with Gasteiger partial charge in [0.1, 0.15) is 11.4 Å². The average Bonchev–Trinajstić information content (AvgIpc) is 2.73. The highest BCUT2D eigenvalue weighted by Crippen LogP contribution is 2.23. The Morgan fingerprint density at radius 1 is 1.17 bits per heavy atom. The summed E-state index contributed by atoms with van der Waals surface area (Å²) in [6.45, 7) is 10.3. The Kier molecular flexibility index (Phi) is 8.44. The summed E-state index contributed by atoms with van der Waals surface area (Å²) in [4.78, 5) is 28.9. The summed E-state index contributed by atoms with van der Waals surface area (Å²) in [7, 11) is 0. The summed E-state index contributed by atoms with van der Waals surface area (Å²) >= 11 is 0.